The number of hydrogen-bond donors (Lipinski definition) is 1. The van der Waals surface area contributed by atoms with E-state index in [1.165, 1.54) is 0 Å². The van der Waals surface area contributed by atoms with Gasteiger partial charge in [-0.1, -0.05) is 30.3 Å². The van der Waals surface area contributed by atoms with E-state index in [9.17, 15) is 5.11 Å². The van der Waals surface area contributed by atoms with E-state index in [1.807, 2.05) is 31.3 Å². The second-order valence-corrected chi connectivity index (χ2v) is 8.96. The zero-order valence-corrected chi connectivity index (χ0v) is 16.8. The first-order valence-corrected chi connectivity index (χ1v) is 11.0. The summed E-state index contributed by atoms with van der Waals surface area (Å²) in [6.07, 6.45) is 2.90. The molecule has 3 atom stereocenters. The van der Waals surface area contributed by atoms with Crippen molar-refractivity contribution in [3.8, 4) is 0 Å². The lowest BCUT2D eigenvalue weighted by molar-refractivity contribution is 0.0182. The number of benzene rings is 1. The molecule has 1 aromatic rings. The van der Waals surface area contributed by atoms with Crippen molar-refractivity contribution in [1.29, 1.82) is 0 Å². The summed E-state index contributed by atoms with van der Waals surface area (Å²) < 4.78 is 12.4. The highest BCUT2D eigenvalue weighted by atomic mass is 28.3. The quantitative estimate of drug-likeness (QED) is 0.458. The van der Waals surface area contributed by atoms with Crippen LogP contribution in [0.4, 0.5) is 0 Å². The Bertz CT molecular complexity index is 499. The van der Waals surface area contributed by atoms with Gasteiger partial charge in [0.2, 0.25) is 0 Å². The number of aliphatic imine (C=N–C) groups is 1. The molecule has 1 saturated heterocycles. The summed E-state index contributed by atoms with van der Waals surface area (Å²) in [7, 11) is -1.66. The number of hydrogen-bond acceptors (Lipinski definition) is 5. The molecule has 1 heterocycles. The van der Waals surface area contributed by atoms with Gasteiger partial charge >= 0.3 is 9.28 Å². The van der Waals surface area contributed by atoms with Crippen molar-refractivity contribution in [3.63, 3.8) is 0 Å². The summed E-state index contributed by atoms with van der Waals surface area (Å²) in [5.74, 6) is 0. The van der Waals surface area contributed by atoms with Crippen molar-refractivity contribution in [2.75, 3.05) is 26.2 Å². The van der Waals surface area contributed by atoms with E-state index in [1.54, 1.807) is 0 Å². The molecule has 0 amide bonds. The summed E-state index contributed by atoms with van der Waals surface area (Å²) in [6.45, 7) is 9.21. The molecule has 1 fully saturated rings. The van der Waals surface area contributed by atoms with E-state index in [-0.39, 0.29) is 18.3 Å². The molecule has 2 rings (SSSR count). The Kier molecular flexibility index (Phi) is 8.78. The molecular formula is C19H32N2O3Si. The predicted octanol–water partition coefficient (Wildman–Crippen LogP) is 2.22. The summed E-state index contributed by atoms with van der Waals surface area (Å²) in [5.41, 5.74) is 1.14. The molecule has 1 N–H and O–H groups in total. The number of nitrogens with zero attached hydrogens (tertiary/aromatic N) is 2. The topological polar surface area (TPSA) is 54.3 Å². The lowest BCUT2D eigenvalue weighted by Gasteiger charge is -2.35. The van der Waals surface area contributed by atoms with Crippen molar-refractivity contribution < 1.29 is 14.0 Å². The fraction of sp³-hybridized carbons (Fsp3) is 0.632. The smallest absolute Gasteiger partial charge is 0.322 e. The van der Waals surface area contributed by atoms with Gasteiger partial charge in [-0.3, -0.25) is 9.89 Å². The van der Waals surface area contributed by atoms with Crippen molar-refractivity contribution >= 4 is 15.5 Å². The summed E-state index contributed by atoms with van der Waals surface area (Å²) in [6, 6.07) is 11.2. The Balaban J connectivity index is 1.74. The first-order valence-electron chi connectivity index (χ1n) is 9.29. The van der Waals surface area contributed by atoms with Gasteiger partial charge in [-0.15, -0.1) is 0 Å². The lowest BCUT2D eigenvalue weighted by atomic mass is 10.2. The lowest BCUT2D eigenvalue weighted by Crippen LogP contribution is -2.47. The van der Waals surface area contributed by atoms with E-state index < -0.39 is 9.28 Å². The van der Waals surface area contributed by atoms with Crippen LogP contribution in [0.25, 0.3) is 0 Å². The van der Waals surface area contributed by atoms with Crippen LogP contribution in [-0.2, 0) is 8.85 Å². The average Bonchev–Trinajstić information content (AvgIpc) is 2.53. The predicted molar refractivity (Wildman–Crippen MR) is 105 cm³/mol. The van der Waals surface area contributed by atoms with Gasteiger partial charge < -0.3 is 14.0 Å². The molecule has 0 aromatic heterocycles. The Morgan fingerprint density at radius 3 is 2.48 bits per heavy atom. The fourth-order valence-corrected chi connectivity index (χ4v) is 5.22. The van der Waals surface area contributed by atoms with Gasteiger partial charge in [-0.25, -0.2) is 0 Å². The maximum Gasteiger partial charge on any atom is 0.322 e. The first kappa shape index (κ1) is 20.3. The van der Waals surface area contributed by atoms with E-state index in [0.717, 1.165) is 37.7 Å². The van der Waals surface area contributed by atoms with Crippen LogP contribution < -0.4 is 0 Å². The summed E-state index contributed by atoms with van der Waals surface area (Å²) in [4.78, 5) is 6.73. The molecule has 1 aliphatic heterocycles. The zero-order valence-electron chi connectivity index (χ0n) is 15.7. The summed E-state index contributed by atoms with van der Waals surface area (Å²) in [5, 5.41) is 9.61. The van der Waals surface area contributed by atoms with Crippen molar-refractivity contribution in [3.05, 3.63) is 35.9 Å². The van der Waals surface area contributed by atoms with Gasteiger partial charge in [0.05, 0.1) is 18.3 Å². The van der Waals surface area contributed by atoms with Crippen LogP contribution in [0.3, 0.4) is 0 Å². The molecule has 1 aromatic carbocycles. The second kappa shape index (κ2) is 10.8. The number of rotatable bonds is 7. The number of β-amino-alcohol motifs (C(OH)–C–C–N with tert-alkyl or cyclic N) is 1. The molecule has 25 heavy (non-hydrogen) atoms. The maximum atomic E-state index is 9.61. The Morgan fingerprint density at radius 2 is 1.88 bits per heavy atom. The SMILES string of the molecule is CC(O)CN1CC(C)O[SiH](CCC/N=C\c2ccccc2)OC(C)C1. The largest absolute Gasteiger partial charge is 0.392 e. The van der Waals surface area contributed by atoms with E-state index in [0.29, 0.717) is 6.54 Å². The first-order chi connectivity index (χ1) is 12.0. The third kappa shape index (κ3) is 8.24. The third-order valence-electron chi connectivity index (χ3n) is 4.09. The molecule has 0 bridgehead atoms. The van der Waals surface area contributed by atoms with Gasteiger partial charge in [0.15, 0.2) is 0 Å². The molecule has 5 nitrogen and oxygen atoms in total. The number of aliphatic hydroxyl groups excluding tert-OH is 1. The Labute approximate surface area is 153 Å². The monoisotopic (exact) mass is 364 g/mol. The molecule has 6 heteroatoms. The van der Waals surface area contributed by atoms with Crippen LogP contribution in [0, 0.1) is 0 Å². The zero-order chi connectivity index (χ0) is 18.1. The van der Waals surface area contributed by atoms with Gasteiger partial charge in [-0.2, -0.15) is 0 Å². The van der Waals surface area contributed by atoms with E-state index in [2.05, 4.69) is 35.9 Å². The molecule has 140 valence electrons. The van der Waals surface area contributed by atoms with E-state index in [4.69, 9.17) is 8.85 Å². The van der Waals surface area contributed by atoms with Gasteiger partial charge in [-0.05, 0) is 38.8 Å². The van der Waals surface area contributed by atoms with Crippen LogP contribution in [0.15, 0.2) is 35.3 Å². The molecule has 1 aliphatic rings. The summed E-state index contributed by atoms with van der Waals surface area (Å²) >= 11 is 0. The van der Waals surface area contributed by atoms with E-state index >= 15 is 0 Å². The molecule has 0 radical (unpaired) electrons. The van der Waals surface area contributed by atoms with Crippen LogP contribution in [0.1, 0.15) is 32.8 Å². The molecule has 0 spiro atoms. The van der Waals surface area contributed by atoms with Crippen LogP contribution in [0.5, 0.6) is 0 Å². The van der Waals surface area contributed by atoms with Crippen LogP contribution >= 0.6 is 0 Å². The molecule has 3 unspecified atom stereocenters. The average molecular weight is 365 g/mol. The number of aliphatic hydroxyl groups is 1. The third-order valence-corrected chi connectivity index (χ3v) is 6.50. The van der Waals surface area contributed by atoms with Gasteiger partial charge in [0, 0.05) is 32.4 Å². The van der Waals surface area contributed by atoms with Crippen molar-refractivity contribution in [2.45, 2.75) is 51.5 Å². The van der Waals surface area contributed by atoms with Crippen LogP contribution in [0.2, 0.25) is 6.04 Å². The highest BCUT2D eigenvalue weighted by Crippen LogP contribution is 2.14. The highest BCUT2D eigenvalue weighted by Gasteiger charge is 2.26. The minimum atomic E-state index is -1.66. The maximum absolute atomic E-state index is 9.61. The minimum Gasteiger partial charge on any atom is -0.392 e. The van der Waals surface area contributed by atoms with Crippen molar-refractivity contribution in [2.24, 2.45) is 4.99 Å². The van der Waals surface area contributed by atoms with Gasteiger partial charge in [0.1, 0.15) is 0 Å². The highest BCUT2D eigenvalue weighted by molar-refractivity contribution is 6.44. The molecule has 0 aliphatic carbocycles. The fourth-order valence-electron chi connectivity index (χ4n) is 3.16. The van der Waals surface area contributed by atoms with Gasteiger partial charge in [0.25, 0.3) is 0 Å². The molecular weight excluding hydrogens is 332 g/mol. The minimum absolute atomic E-state index is 0.149. The van der Waals surface area contributed by atoms with Crippen LogP contribution in [-0.4, -0.2) is 70.0 Å². The van der Waals surface area contributed by atoms with Crippen molar-refractivity contribution in [1.82, 2.24) is 4.90 Å². The standard InChI is InChI=1S/C19H32N2O3Si/c1-16(22)13-21-14-17(2)23-25(24-18(3)15-21)11-7-10-20-12-19-8-5-4-6-9-19/h4-6,8-9,12,16-18,22,25H,7,10-11,13-15H2,1-3H3/b20-12-. The normalized spacial score (nSPS) is 27.1. The Hall–Kier alpha value is -1.05. The second-order valence-electron chi connectivity index (χ2n) is 6.98. The molecule has 0 saturated carbocycles. The Morgan fingerprint density at radius 1 is 1.24 bits per heavy atom.